The zero-order valence-corrected chi connectivity index (χ0v) is 14.2. The highest BCUT2D eigenvalue weighted by Crippen LogP contribution is 2.43. The van der Waals surface area contributed by atoms with Crippen molar-refractivity contribution < 1.29 is 13.9 Å². The lowest BCUT2D eigenvalue weighted by Gasteiger charge is -2.15. The van der Waals surface area contributed by atoms with Gasteiger partial charge in [0.15, 0.2) is 16.2 Å². The van der Waals surface area contributed by atoms with E-state index in [0.717, 1.165) is 11.1 Å². The Labute approximate surface area is 133 Å². The molecular weight excluding hydrogens is 399 g/mol. The van der Waals surface area contributed by atoms with Crippen LogP contribution in [0.5, 0.6) is 11.5 Å². The smallest absolute Gasteiger partial charge is 0.173 e. The van der Waals surface area contributed by atoms with Crippen LogP contribution in [-0.2, 0) is 0 Å². The highest BCUT2D eigenvalue weighted by molar-refractivity contribution is 9.10. The first-order chi connectivity index (χ1) is 9.08. The van der Waals surface area contributed by atoms with Gasteiger partial charge in [-0.25, -0.2) is 0 Å². The van der Waals surface area contributed by atoms with E-state index in [9.17, 15) is 0 Å². The molecule has 1 atom stereocenters. The predicted molar refractivity (Wildman–Crippen MR) is 81.7 cm³/mol. The molecule has 0 aliphatic heterocycles. The summed E-state index contributed by atoms with van der Waals surface area (Å²) in [7, 11) is 3.17. The SMILES string of the molecule is COc1cc(Cl)c(C(Br)c2ccoc2Br)cc1OC. The van der Waals surface area contributed by atoms with Crippen molar-refractivity contribution in [3.63, 3.8) is 0 Å². The van der Waals surface area contributed by atoms with E-state index in [-0.39, 0.29) is 4.83 Å². The largest absolute Gasteiger partial charge is 0.493 e. The van der Waals surface area contributed by atoms with Crippen LogP contribution >= 0.6 is 43.5 Å². The summed E-state index contributed by atoms with van der Waals surface area (Å²) < 4.78 is 16.4. The molecule has 19 heavy (non-hydrogen) atoms. The van der Waals surface area contributed by atoms with E-state index in [1.165, 1.54) is 0 Å². The first kappa shape index (κ1) is 14.8. The van der Waals surface area contributed by atoms with E-state index in [1.807, 2.05) is 12.1 Å². The summed E-state index contributed by atoms with van der Waals surface area (Å²) in [4.78, 5) is -0.104. The minimum Gasteiger partial charge on any atom is -0.493 e. The number of rotatable bonds is 4. The number of hydrogen-bond donors (Lipinski definition) is 0. The molecule has 1 aromatic heterocycles. The highest BCUT2D eigenvalue weighted by Gasteiger charge is 2.21. The molecule has 0 amide bonds. The average molecular weight is 410 g/mol. The van der Waals surface area contributed by atoms with E-state index in [1.54, 1.807) is 26.5 Å². The fourth-order valence-electron chi connectivity index (χ4n) is 1.72. The van der Waals surface area contributed by atoms with Gasteiger partial charge in [-0.05, 0) is 33.6 Å². The van der Waals surface area contributed by atoms with Crippen LogP contribution in [0.1, 0.15) is 16.0 Å². The molecule has 0 radical (unpaired) electrons. The van der Waals surface area contributed by atoms with Crippen molar-refractivity contribution in [2.75, 3.05) is 14.2 Å². The van der Waals surface area contributed by atoms with Crippen molar-refractivity contribution in [2.24, 2.45) is 0 Å². The Balaban J connectivity index is 2.48. The van der Waals surface area contributed by atoms with Gasteiger partial charge in [0.25, 0.3) is 0 Å². The van der Waals surface area contributed by atoms with Gasteiger partial charge < -0.3 is 13.9 Å². The molecule has 2 aromatic rings. The minimum atomic E-state index is -0.104. The number of hydrogen-bond acceptors (Lipinski definition) is 3. The molecule has 1 aromatic carbocycles. The molecule has 102 valence electrons. The second-order valence-electron chi connectivity index (χ2n) is 3.74. The molecule has 6 heteroatoms. The van der Waals surface area contributed by atoms with Crippen LogP contribution in [0.4, 0.5) is 0 Å². The summed E-state index contributed by atoms with van der Waals surface area (Å²) in [6, 6.07) is 5.45. The van der Waals surface area contributed by atoms with Crippen LogP contribution in [0.3, 0.4) is 0 Å². The lowest BCUT2D eigenvalue weighted by molar-refractivity contribution is 0.354. The number of halogens is 3. The lowest BCUT2D eigenvalue weighted by Crippen LogP contribution is -1.97. The van der Waals surface area contributed by atoms with Gasteiger partial charge in [-0.3, -0.25) is 0 Å². The van der Waals surface area contributed by atoms with Crippen LogP contribution in [0, 0.1) is 0 Å². The second kappa shape index (κ2) is 6.20. The third kappa shape index (κ3) is 2.93. The molecule has 0 N–H and O–H groups in total. The van der Waals surface area contributed by atoms with Gasteiger partial charge in [-0.15, -0.1) is 0 Å². The summed E-state index contributed by atoms with van der Waals surface area (Å²) in [5.41, 5.74) is 1.83. The first-order valence-electron chi connectivity index (χ1n) is 5.36. The van der Waals surface area contributed by atoms with Crippen LogP contribution < -0.4 is 9.47 Å². The lowest BCUT2D eigenvalue weighted by atomic mass is 10.1. The summed E-state index contributed by atoms with van der Waals surface area (Å²) in [6.07, 6.45) is 1.61. The van der Waals surface area contributed by atoms with Crippen molar-refractivity contribution in [2.45, 2.75) is 4.83 Å². The highest BCUT2D eigenvalue weighted by atomic mass is 79.9. The van der Waals surface area contributed by atoms with Crippen LogP contribution in [0.25, 0.3) is 0 Å². The van der Waals surface area contributed by atoms with Gasteiger partial charge >= 0.3 is 0 Å². The summed E-state index contributed by atoms with van der Waals surface area (Å²) in [6.45, 7) is 0. The van der Waals surface area contributed by atoms with E-state index in [4.69, 9.17) is 25.5 Å². The van der Waals surface area contributed by atoms with Crippen molar-refractivity contribution >= 4 is 43.5 Å². The van der Waals surface area contributed by atoms with Crippen LogP contribution in [-0.4, -0.2) is 14.2 Å². The Kier molecular flexibility index (Phi) is 4.81. The third-order valence-corrected chi connectivity index (χ3v) is 4.65. The van der Waals surface area contributed by atoms with E-state index in [2.05, 4.69) is 31.9 Å². The Bertz CT molecular complexity index is 583. The van der Waals surface area contributed by atoms with Crippen molar-refractivity contribution in [1.82, 2.24) is 0 Å². The van der Waals surface area contributed by atoms with E-state index >= 15 is 0 Å². The van der Waals surface area contributed by atoms with Crippen molar-refractivity contribution in [1.29, 1.82) is 0 Å². The molecule has 0 spiro atoms. The maximum atomic E-state index is 6.29. The molecule has 2 rings (SSSR count). The molecular formula is C13H11Br2ClO3. The summed E-state index contributed by atoms with van der Waals surface area (Å²) >= 11 is 13.3. The van der Waals surface area contributed by atoms with Crippen molar-refractivity contribution in [3.05, 3.63) is 45.3 Å². The van der Waals surface area contributed by atoms with E-state index in [0.29, 0.717) is 21.2 Å². The van der Waals surface area contributed by atoms with Gasteiger partial charge in [-0.1, -0.05) is 27.5 Å². The standard InChI is InChI=1S/C13H11Br2ClO3/c1-17-10-5-8(9(16)6-11(10)18-2)12(14)7-3-4-19-13(7)15/h3-6,12H,1-2H3. The zero-order valence-electron chi connectivity index (χ0n) is 10.2. The number of ether oxygens (including phenoxy) is 2. The number of benzene rings is 1. The molecule has 1 heterocycles. The Morgan fingerprint density at radius 1 is 1.16 bits per heavy atom. The van der Waals surface area contributed by atoms with Gasteiger partial charge in [0, 0.05) is 16.7 Å². The maximum Gasteiger partial charge on any atom is 0.173 e. The quantitative estimate of drug-likeness (QED) is 0.650. The van der Waals surface area contributed by atoms with Gasteiger partial charge in [0.2, 0.25) is 0 Å². The fraction of sp³-hybridized carbons (Fsp3) is 0.231. The number of alkyl halides is 1. The summed E-state index contributed by atoms with van der Waals surface area (Å²) in [5.74, 6) is 1.23. The Morgan fingerprint density at radius 3 is 2.32 bits per heavy atom. The first-order valence-corrected chi connectivity index (χ1v) is 7.45. The molecule has 0 bridgehead atoms. The topological polar surface area (TPSA) is 31.6 Å². The normalized spacial score (nSPS) is 12.3. The molecule has 0 saturated heterocycles. The predicted octanol–water partition coefficient (Wildman–Crippen LogP) is 5.20. The molecule has 0 saturated carbocycles. The second-order valence-corrected chi connectivity index (χ2v) is 5.78. The average Bonchev–Trinajstić information content (AvgIpc) is 2.83. The monoisotopic (exact) mass is 408 g/mol. The number of methoxy groups -OCH3 is 2. The van der Waals surface area contributed by atoms with Gasteiger partial charge in [-0.2, -0.15) is 0 Å². The fourth-order valence-corrected chi connectivity index (χ4v) is 3.63. The molecule has 0 aliphatic rings. The summed E-state index contributed by atoms with van der Waals surface area (Å²) in [5, 5.41) is 0.590. The van der Waals surface area contributed by atoms with E-state index < -0.39 is 0 Å². The molecule has 0 aliphatic carbocycles. The maximum absolute atomic E-state index is 6.29. The Morgan fingerprint density at radius 2 is 1.79 bits per heavy atom. The van der Waals surface area contributed by atoms with Crippen molar-refractivity contribution in [3.8, 4) is 11.5 Å². The van der Waals surface area contributed by atoms with Gasteiger partial charge in [0.05, 0.1) is 25.3 Å². The molecule has 3 nitrogen and oxygen atoms in total. The zero-order chi connectivity index (χ0) is 14.0. The molecule has 1 unspecified atom stereocenters. The number of furan rings is 1. The third-order valence-electron chi connectivity index (χ3n) is 2.70. The minimum absolute atomic E-state index is 0.104. The Hall–Kier alpha value is -0.650. The molecule has 0 fully saturated rings. The van der Waals surface area contributed by atoms with Gasteiger partial charge in [0.1, 0.15) is 0 Å². The van der Waals surface area contributed by atoms with Crippen LogP contribution in [0.15, 0.2) is 33.5 Å². The van der Waals surface area contributed by atoms with Crippen LogP contribution in [0.2, 0.25) is 5.02 Å².